The maximum atomic E-state index is 13.2. The second-order valence-electron chi connectivity index (χ2n) is 5.43. The average Bonchev–Trinajstić information content (AvgIpc) is 2.36. The molecule has 20 heavy (non-hydrogen) atoms. The van der Waals surface area contributed by atoms with E-state index < -0.39 is 0 Å². The fourth-order valence-corrected chi connectivity index (χ4v) is 2.35. The van der Waals surface area contributed by atoms with Crippen LogP contribution in [0.4, 0.5) is 10.1 Å². The highest BCUT2D eigenvalue weighted by Gasteiger charge is 2.01. The Morgan fingerprint density at radius 2 is 1.70 bits per heavy atom. The minimum absolute atomic E-state index is 0.327. The monoisotopic (exact) mass is 291 g/mol. The number of hydrogen-bond donors (Lipinski definition) is 1. The first kappa shape index (κ1) is 14.9. The zero-order chi connectivity index (χ0) is 14.5. The first-order valence-corrected chi connectivity index (χ1v) is 7.18. The molecule has 0 aromatic heterocycles. The molecule has 0 unspecified atom stereocenters. The van der Waals surface area contributed by atoms with Crippen LogP contribution in [0.15, 0.2) is 42.5 Å². The maximum Gasteiger partial charge on any atom is 0.126 e. The summed E-state index contributed by atoms with van der Waals surface area (Å²) >= 11 is 5.82. The normalized spacial score (nSPS) is 10.8. The van der Waals surface area contributed by atoms with Gasteiger partial charge in [0, 0.05) is 17.3 Å². The van der Waals surface area contributed by atoms with Crippen LogP contribution in [0.2, 0.25) is 5.02 Å². The van der Waals surface area contributed by atoms with Crippen LogP contribution in [-0.2, 0) is 13.0 Å². The fourth-order valence-electron chi connectivity index (χ4n) is 2.12. The molecule has 3 heteroatoms. The van der Waals surface area contributed by atoms with E-state index in [0.717, 1.165) is 12.0 Å². The van der Waals surface area contributed by atoms with Crippen molar-refractivity contribution in [3.63, 3.8) is 0 Å². The Morgan fingerprint density at radius 3 is 2.30 bits per heavy atom. The van der Waals surface area contributed by atoms with Gasteiger partial charge >= 0.3 is 0 Å². The highest BCUT2D eigenvalue weighted by atomic mass is 35.5. The summed E-state index contributed by atoms with van der Waals surface area (Å²) in [6, 6.07) is 13.0. The number of hydrogen-bond acceptors (Lipinski definition) is 1. The SMILES string of the molecule is CC(C)Cc1ccc(CNc2cc(F)cc(Cl)c2)cc1. The Hall–Kier alpha value is -1.54. The first-order chi connectivity index (χ1) is 9.52. The van der Waals surface area contributed by atoms with Crippen molar-refractivity contribution in [1.29, 1.82) is 0 Å². The molecule has 0 amide bonds. The van der Waals surface area contributed by atoms with Crippen molar-refractivity contribution in [3.8, 4) is 0 Å². The molecule has 106 valence electrons. The molecule has 0 atom stereocenters. The van der Waals surface area contributed by atoms with E-state index in [1.54, 1.807) is 6.07 Å². The lowest BCUT2D eigenvalue weighted by Crippen LogP contribution is -2.00. The van der Waals surface area contributed by atoms with Gasteiger partial charge in [0.05, 0.1) is 0 Å². The number of benzene rings is 2. The van der Waals surface area contributed by atoms with E-state index in [-0.39, 0.29) is 5.82 Å². The Morgan fingerprint density at radius 1 is 1.05 bits per heavy atom. The third kappa shape index (κ3) is 4.53. The third-order valence-electron chi connectivity index (χ3n) is 3.03. The Balaban J connectivity index is 1.96. The van der Waals surface area contributed by atoms with E-state index in [1.807, 2.05) is 0 Å². The minimum atomic E-state index is -0.327. The van der Waals surface area contributed by atoms with Gasteiger partial charge in [-0.25, -0.2) is 4.39 Å². The lowest BCUT2D eigenvalue weighted by atomic mass is 10.0. The van der Waals surface area contributed by atoms with Crippen molar-refractivity contribution in [3.05, 3.63) is 64.4 Å². The maximum absolute atomic E-state index is 13.2. The summed E-state index contributed by atoms with van der Waals surface area (Å²) in [5.41, 5.74) is 3.21. The standard InChI is InChI=1S/C17H19ClFN/c1-12(2)7-13-3-5-14(6-4-13)11-20-17-9-15(18)8-16(19)10-17/h3-6,8-10,12,20H,7,11H2,1-2H3. The number of rotatable bonds is 5. The molecule has 0 saturated carbocycles. The molecule has 0 radical (unpaired) electrons. The lowest BCUT2D eigenvalue weighted by molar-refractivity contribution is 0.628. The second-order valence-corrected chi connectivity index (χ2v) is 5.86. The van der Waals surface area contributed by atoms with Crippen LogP contribution in [0, 0.1) is 11.7 Å². The Kier molecular flexibility index (Phi) is 5.02. The van der Waals surface area contributed by atoms with Gasteiger partial charge in [-0.2, -0.15) is 0 Å². The van der Waals surface area contributed by atoms with Gasteiger partial charge in [-0.1, -0.05) is 49.7 Å². The molecule has 1 nitrogen and oxygen atoms in total. The molecule has 0 spiro atoms. The summed E-state index contributed by atoms with van der Waals surface area (Å²) in [5, 5.41) is 3.58. The quantitative estimate of drug-likeness (QED) is 0.789. The molecule has 0 aliphatic rings. The van der Waals surface area contributed by atoms with Crippen LogP contribution in [0.5, 0.6) is 0 Å². The molecule has 2 aromatic carbocycles. The molecular weight excluding hydrogens is 273 g/mol. The zero-order valence-corrected chi connectivity index (χ0v) is 12.5. The van der Waals surface area contributed by atoms with Gasteiger partial charge in [0.25, 0.3) is 0 Å². The Bertz CT molecular complexity index is 543. The molecule has 0 bridgehead atoms. The first-order valence-electron chi connectivity index (χ1n) is 6.80. The minimum Gasteiger partial charge on any atom is -0.381 e. The topological polar surface area (TPSA) is 12.0 Å². The summed E-state index contributed by atoms with van der Waals surface area (Å²) in [6.45, 7) is 5.08. The average molecular weight is 292 g/mol. The van der Waals surface area contributed by atoms with E-state index in [1.165, 1.54) is 17.7 Å². The summed E-state index contributed by atoms with van der Waals surface area (Å²) in [7, 11) is 0. The third-order valence-corrected chi connectivity index (χ3v) is 3.24. The van der Waals surface area contributed by atoms with Crippen molar-refractivity contribution >= 4 is 17.3 Å². The number of anilines is 1. The smallest absolute Gasteiger partial charge is 0.126 e. The van der Waals surface area contributed by atoms with E-state index in [4.69, 9.17) is 11.6 Å². The number of nitrogens with one attached hydrogen (secondary N) is 1. The van der Waals surface area contributed by atoms with Gasteiger partial charge in [-0.15, -0.1) is 0 Å². The van der Waals surface area contributed by atoms with Crippen molar-refractivity contribution in [2.45, 2.75) is 26.8 Å². The van der Waals surface area contributed by atoms with E-state index >= 15 is 0 Å². The lowest BCUT2D eigenvalue weighted by Gasteiger charge is -2.09. The van der Waals surface area contributed by atoms with Gasteiger partial charge < -0.3 is 5.32 Å². The molecule has 0 heterocycles. The van der Waals surface area contributed by atoms with Gasteiger partial charge in [0.15, 0.2) is 0 Å². The Labute approximate surface area is 124 Å². The molecule has 0 fully saturated rings. The van der Waals surface area contributed by atoms with Crippen LogP contribution in [-0.4, -0.2) is 0 Å². The predicted octanol–water partition coefficient (Wildman–Crippen LogP) is 5.29. The molecule has 2 rings (SSSR count). The highest BCUT2D eigenvalue weighted by Crippen LogP contribution is 2.19. The van der Waals surface area contributed by atoms with Crippen LogP contribution >= 0.6 is 11.6 Å². The van der Waals surface area contributed by atoms with Crippen molar-refractivity contribution in [1.82, 2.24) is 0 Å². The molecule has 1 N–H and O–H groups in total. The molecule has 0 saturated heterocycles. The summed E-state index contributed by atoms with van der Waals surface area (Å²) in [5.74, 6) is 0.334. The van der Waals surface area contributed by atoms with Gasteiger partial charge in [0.2, 0.25) is 0 Å². The van der Waals surface area contributed by atoms with Gasteiger partial charge in [-0.05, 0) is 41.7 Å². The van der Waals surface area contributed by atoms with Crippen LogP contribution < -0.4 is 5.32 Å². The van der Waals surface area contributed by atoms with E-state index in [2.05, 4.69) is 43.4 Å². The van der Waals surface area contributed by atoms with Crippen molar-refractivity contribution in [2.75, 3.05) is 5.32 Å². The van der Waals surface area contributed by atoms with Crippen LogP contribution in [0.25, 0.3) is 0 Å². The van der Waals surface area contributed by atoms with E-state index in [0.29, 0.717) is 23.2 Å². The summed E-state index contributed by atoms with van der Waals surface area (Å²) in [6.07, 6.45) is 1.09. The van der Waals surface area contributed by atoms with Crippen LogP contribution in [0.3, 0.4) is 0 Å². The molecular formula is C17H19ClFN. The summed E-state index contributed by atoms with van der Waals surface area (Å²) in [4.78, 5) is 0. The molecule has 0 aliphatic heterocycles. The molecule has 2 aromatic rings. The second kappa shape index (κ2) is 6.76. The largest absolute Gasteiger partial charge is 0.381 e. The zero-order valence-electron chi connectivity index (χ0n) is 11.8. The van der Waals surface area contributed by atoms with Crippen molar-refractivity contribution in [2.24, 2.45) is 5.92 Å². The van der Waals surface area contributed by atoms with Gasteiger partial charge in [-0.3, -0.25) is 0 Å². The fraction of sp³-hybridized carbons (Fsp3) is 0.294. The predicted molar refractivity (Wildman–Crippen MR) is 83.7 cm³/mol. The van der Waals surface area contributed by atoms with E-state index in [9.17, 15) is 4.39 Å². The van der Waals surface area contributed by atoms with Crippen LogP contribution in [0.1, 0.15) is 25.0 Å². The van der Waals surface area contributed by atoms with Gasteiger partial charge in [0.1, 0.15) is 5.82 Å². The summed E-state index contributed by atoms with van der Waals surface area (Å²) < 4.78 is 13.2. The number of halogens is 2. The highest BCUT2D eigenvalue weighted by molar-refractivity contribution is 6.30. The van der Waals surface area contributed by atoms with Crippen molar-refractivity contribution < 1.29 is 4.39 Å². The molecule has 0 aliphatic carbocycles.